The minimum Gasteiger partial charge on any atom is -0.457 e. The van der Waals surface area contributed by atoms with Crippen LogP contribution < -0.4 is 10.1 Å². The first-order valence-electron chi connectivity index (χ1n) is 15.7. The molecule has 2 heterocycles. The summed E-state index contributed by atoms with van der Waals surface area (Å²) in [6.07, 6.45) is 0. The van der Waals surface area contributed by atoms with Crippen molar-refractivity contribution in [3.05, 3.63) is 180 Å². The maximum absolute atomic E-state index is 6.51. The standard InChI is InChI=1S/C43H27NOS/c1-3-13-34-30(10-1)31-25-22-28(26-37(31)43(34)35-14-4-6-17-39(35)45-40-18-7-5-15-36(40)43)27-20-23-29(24-21-27)44-38-16-9-12-33-32-11-2-8-19-41(32)46-42(33)38/h1-26,44H. The van der Waals surface area contributed by atoms with Crippen molar-refractivity contribution in [2.75, 3.05) is 5.32 Å². The van der Waals surface area contributed by atoms with Crippen molar-refractivity contribution in [3.8, 4) is 33.8 Å². The summed E-state index contributed by atoms with van der Waals surface area (Å²) in [5, 5.41) is 6.32. The Morgan fingerprint density at radius 1 is 0.478 bits per heavy atom. The molecule has 1 spiro atoms. The van der Waals surface area contributed by atoms with Gasteiger partial charge in [-0.05, 0) is 75.8 Å². The molecule has 3 heteroatoms. The van der Waals surface area contributed by atoms with E-state index in [0.717, 1.165) is 22.9 Å². The van der Waals surface area contributed by atoms with E-state index < -0.39 is 5.41 Å². The fourth-order valence-electron chi connectivity index (χ4n) is 7.78. The van der Waals surface area contributed by atoms with E-state index >= 15 is 0 Å². The summed E-state index contributed by atoms with van der Waals surface area (Å²) in [4.78, 5) is 0. The number of anilines is 2. The number of thiophene rings is 1. The molecule has 0 amide bonds. The number of fused-ring (bicyclic) bond motifs is 12. The molecule has 46 heavy (non-hydrogen) atoms. The average Bonchev–Trinajstić information content (AvgIpc) is 3.64. The molecular formula is C43H27NOS. The molecule has 216 valence electrons. The van der Waals surface area contributed by atoms with E-state index in [1.807, 2.05) is 11.3 Å². The van der Waals surface area contributed by atoms with Gasteiger partial charge in [0.1, 0.15) is 11.5 Å². The Balaban J connectivity index is 1.09. The van der Waals surface area contributed by atoms with Crippen LogP contribution in [0.4, 0.5) is 11.4 Å². The van der Waals surface area contributed by atoms with Crippen molar-refractivity contribution in [2.24, 2.45) is 0 Å². The summed E-state index contributed by atoms with van der Waals surface area (Å²) in [6.45, 7) is 0. The van der Waals surface area contributed by atoms with Crippen LogP contribution >= 0.6 is 11.3 Å². The zero-order valence-electron chi connectivity index (χ0n) is 24.8. The Morgan fingerprint density at radius 3 is 1.91 bits per heavy atom. The van der Waals surface area contributed by atoms with Gasteiger partial charge in [0.25, 0.3) is 0 Å². The molecule has 1 aromatic heterocycles. The lowest BCUT2D eigenvalue weighted by Gasteiger charge is -2.39. The Labute approximate surface area is 271 Å². The van der Waals surface area contributed by atoms with Crippen LogP contribution in [0.2, 0.25) is 0 Å². The zero-order valence-corrected chi connectivity index (χ0v) is 25.6. The molecule has 7 aromatic carbocycles. The van der Waals surface area contributed by atoms with Gasteiger partial charge in [0.15, 0.2) is 0 Å². The van der Waals surface area contributed by atoms with Crippen molar-refractivity contribution in [1.82, 2.24) is 0 Å². The predicted octanol–water partition coefficient (Wildman–Crippen LogP) is 11.9. The summed E-state index contributed by atoms with van der Waals surface area (Å²) in [5.41, 5.74) is 11.7. The molecule has 10 rings (SSSR count). The minimum atomic E-state index is -0.461. The summed E-state index contributed by atoms with van der Waals surface area (Å²) in [5.74, 6) is 1.83. The third-order valence-corrected chi connectivity index (χ3v) is 11.0. The van der Waals surface area contributed by atoms with Crippen LogP contribution in [0.25, 0.3) is 42.4 Å². The normalized spacial score (nSPS) is 13.6. The van der Waals surface area contributed by atoms with Gasteiger partial charge in [-0.3, -0.25) is 0 Å². The smallest absolute Gasteiger partial charge is 0.132 e. The van der Waals surface area contributed by atoms with Gasteiger partial charge in [-0.25, -0.2) is 0 Å². The predicted molar refractivity (Wildman–Crippen MR) is 192 cm³/mol. The molecule has 8 aromatic rings. The van der Waals surface area contributed by atoms with E-state index in [0.29, 0.717) is 0 Å². The largest absolute Gasteiger partial charge is 0.457 e. The zero-order chi connectivity index (χ0) is 30.2. The second-order valence-corrected chi connectivity index (χ2v) is 13.2. The minimum absolute atomic E-state index is 0.461. The first kappa shape index (κ1) is 25.7. The molecule has 0 saturated carbocycles. The number of hydrogen-bond donors (Lipinski definition) is 1. The number of nitrogens with one attached hydrogen (secondary N) is 1. The maximum Gasteiger partial charge on any atom is 0.132 e. The van der Waals surface area contributed by atoms with Crippen LogP contribution in [-0.4, -0.2) is 0 Å². The lowest BCUT2D eigenvalue weighted by Crippen LogP contribution is -2.32. The molecule has 0 unspecified atom stereocenters. The molecular weight excluding hydrogens is 579 g/mol. The van der Waals surface area contributed by atoms with Crippen LogP contribution in [0, 0.1) is 0 Å². The molecule has 0 saturated heterocycles. The van der Waals surface area contributed by atoms with Gasteiger partial charge < -0.3 is 10.1 Å². The number of para-hydroxylation sites is 2. The Hall–Kier alpha value is -5.64. The third kappa shape index (κ3) is 3.52. The molecule has 1 N–H and O–H groups in total. The van der Waals surface area contributed by atoms with E-state index in [2.05, 4.69) is 163 Å². The number of hydrogen-bond acceptors (Lipinski definition) is 3. The number of rotatable bonds is 3. The highest BCUT2D eigenvalue weighted by Gasteiger charge is 2.50. The van der Waals surface area contributed by atoms with Gasteiger partial charge in [-0.15, -0.1) is 11.3 Å². The fraction of sp³-hybridized carbons (Fsp3) is 0.0233. The maximum atomic E-state index is 6.51. The average molecular weight is 606 g/mol. The van der Waals surface area contributed by atoms with Gasteiger partial charge in [0.05, 0.1) is 15.8 Å². The van der Waals surface area contributed by atoms with Gasteiger partial charge >= 0.3 is 0 Å². The molecule has 0 bridgehead atoms. The summed E-state index contributed by atoms with van der Waals surface area (Å²) < 4.78 is 9.11. The first-order valence-corrected chi connectivity index (χ1v) is 16.5. The molecule has 1 aliphatic carbocycles. The van der Waals surface area contributed by atoms with Crippen molar-refractivity contribution in [1.29, 1.82) is 0 Å². The molecule has 0 atom stereocenters. The van der Waals surface area contributed by atoms with E-state index in [1.54, 1.807) is 0 Å². The molecule has 0 fully saturated rings. The number of benzene rings is 7. The highest BCUT2D eigenvalue weighted by molar-refractivity contribution is 7.26. The van der Waals surface area contributed by atoms with Crippen molar-refractivity contribution in [2.45, 2.75) is 5.41 Å². The second-order valence-electron chi connectivity index (χ2n) is 12.1. The third-order valence-electron chi connectivity index (χ3n) is 9.75. The van der Waals surface area contributed by atoms with Crippen molar-refractivity contribution in [3.63, 3.8) is 0 Å². The van der Waals surface area contributed by atoms with Gasteiger partial charge in [0, 0.05) is 32.3 Å². The molecule has 0 radical (unpaired) electrons. The summed E-state index contributed by atoms with van der Waals surface area (Å²) in [6, 6.07) is 57.0. The van der Waals surface area contributed by atoms with Crippen LogP contribution in [0.1, 0.15) is 22.3 Å². The van der Waals surface area contributed by atoms with Gasteiger partial charge in [-0.1, -0.05) is 115 Å². The Morgan fingerprint density at radius 2 is 1.11 bits per heavy atom. The van der Waals surface area contributed by atoms with Crippen molar-refractivity contribution < 1.29 is 4.74 Å². The number of ether oxygens (including phenoxy) is 1. The summed E-state index contributed by atoms with van der Waals surface area (Å²) in [7, 11) is 0. The lowest BCUT2D eigenvalue weighted by molar-refractivity contribution is 0.436. The Kier molecular flexibility index (Phi) is 5.40. The van der Waals surface area contributed by atoms with E-state index in [4.69, 9.17) is 4.74 Å². The molecule has 2 aliphatic rings. The van der Waals surface area contributed by atoms with Crippen LogP contribution in [0.5, 0.6) is 11.5 Å². The first-order chi connectivity index (χ1) is 22.8. The van der Waals surface area contributed by atoms with Gasteiger partial charge in [-0.2, -0.15) is 0 Å². The van der Waals surface area contributed by atoms with Crippen LogP contribution in [-0.2, 0) is 5.41 Å². The topological polar surface area (TPSA) is 21.3 Å². The summed E-state index contributed by atoms with van der Waals surface area (Å²) >= 11 is 1.84. The Bertz CT molecular complexity index is 2440. The lowest BCUT2D eigenvalue weighted by atomic mass is 9.66. The quantitative estimate of drug-likeness (QED) is 0.216. The van der Waals surface area contributed by atoms with Crippen LogP contribution in [0.15, 0.2) is 158 Å². The van der Waals surface area contributed by atoms with E-state index in [9.17, 15) is 0 Å². The molecule has 1 aliphatic heterocycles. The second kappa shape index (κ2) is 9.68. The van der Waals surface area contributed by atoms with Gasteiger partial charge in [0.2, 0.25) is 0 Å². The highest BCUT2D eigenvalue weighted by Crippen LogP contribution is 2.62. The monoisotopic (exact) mass is 605 g/mol. The highest BCUT2D eigenvalue weighted by atomic mass is 32.1. The van der Waals surface area contributed by atoms with E-state index in [-0.39, 0.29) is 0 Å². The van der Waals surface area contributed by atoms with Crippen molar-refractivity contribution >= 4 is 42.9 Å². The van der Waals surface area contributed by atoms with Crippen LogP contribution in [0.3, 0.4) is 0 Å². The van der Waals surface area contributed by atoms with E-state index in [1.165, 1.54) is 64.7 Å². The SMILES string of the molecule is c1ccc2c(c1)Oc1ccccc1C21c2ccccc2-c2ccc(-c3ccc(Nc4cccc5c4sc4ccccc45)cc3)cc21. The fourth-order valence-corrected chi connectivity index (χ4v) is 8.95. The molecule has 2 nitrogen and oxygen atoms in total.